The second-order valence-corrected chi connectivity index (χ2v) is 13.1. The van der Waals surface area contributed by atoms with Crippen LogP contribution >= 0.6 is 0 Å². The minimum atomic E-state index is -4.17. The van der Waals surface area contributed by atoms with Gasteiger partial charge < -0.3 is 54.0 Å². The van der Waals surface area contributed by atoms with Crippen molar-refractivity contribution in [3.8, 4) is 0 Å². The third kappa shape index (κ3) is 75.6. The van der Waals surface area contributed by atoms with Crippen LogP contribution in [0.25, 0.3) is 0 Å². The molecule has 1 aliphatic heterocycles. The van der Waals surface area contributed by atoms with Crippen molar-refractivity contribution in [1.29, 1.82) is 0 Å². The van der Waals surface area contributed by atoms with Crippen molar-refractivity contribution in [3.05, 3.63) is 0 Å². The largest absolute Gasteiger partial charge is 2.00 e. The molecule has 1 heterocycles. The Morgan fingerprint density at radius 3 is 1.39 bits per heavy atom. The standard InChI is InChI=1S/C10H22O.C8H18O7S2.C3H6O3S.C2H6O.Ca.2ClH.2Na.H2O/c1-3-5-7-8-10-11-9-6-4-2;9-16(10,11)7-3-1-2-5-15-6-4-8-17(12,13)14;4-7(5)3-1-2-6-7;1-2-3;;;;;;/h3-10H2,1-2H3;1-8H2,(H,9,10,11)(H,12,13,14);1-3H2;3H,2H2,1H3;;2*1H;;;1H2/q;;;;+2;;;2*+1;/p-4. The smallest absolute Gasteiger partial charge is 1.00 e. The first-order valence-electron chi connectivity index (χ1n) is 13.2. The molecular weight excluding hydrogens is 737 g/mol. The molecular formula is C23H52CaCl2Na2O13S3. The number of hydrogen-bond donors (Lipinski definition) is 1. The van der Waals surface area contributed by atoms with Crippen LogP contribution in [0.3, 0.4) is 0 Å². The summed E-state index contributed by atoms with van der Waals surface area (Å²) in [5.41, 5.74) is 0. The van der Waals surface area contributed by atoms with Gasteiger partial charge in [0.05, 0.1) is 32.6 Å². The second-order valence-electron chi connectivity index (χ2n) is 8.33. The van der Waals surface area contributed by atoms with Crippen molar-refractivity contribution in [3.63, 3.8) is 0 Å². The third-order valence-electron chi connectivity index (χ3n) is 4.45. The zero-order valence-corrected chi connectivity index (χ0v) is 37.4. The average molecular weight is 790 g/mol. The van der Waals surface area contributed by atoms with Crippen LogP contribution < -0.4 is 83.9 Å². The van der Waals surface area contributed by atoms with Crippen LogP contribution in [-0.4, -0.2) is 140 Å². The molecule has 1 rings (SSSR count). The van der Waals surface area contributed by atoms with E-state index in [0.717, 1.165) is 13.2 Å². The van der Waals surface area contributed by atoms with Gasteiger partial charge in [0.25, 0.3) is 10.1 Å². The maximum absolute atomic E-state index is 10.2. The molecule has 0 amide bonds. The molecule has 0 spiro atoms. The molecule has 13 nitrogen and oxygen atoms in total. The summed E-state index contributed by atoms with van der Waals surface area (Å²) in [7, 11) is -11.4. The van der Waals surface area contributed by atoms with E-state index in [1.807, 2.05) is 0 Å². The summed E-state index contributed by atoms with van der Waals surface area (Å²) in [4.78, 5) is 0. The van der Waals surface area contributed by atoms with Gasteiger partial charge in [-0.25, -0.2) is 16.8 Å². The predicted octanol–water partition coefficient (Wildman–Crippen LogP) is -10.4. The van der Waals surface area contributed by atoms with Crippen LogP contribution in [0.2, 0.25) is 0 Å². The Morgan fingerprint density at radius 1 is 0.705 bits per heavy atom. The molecule has 0 atom stereocenters. The van der Waals surface area contributed by atoms with Crippen molar-refractivity contribution < 1.29 is 143 Å². The van der Waals surface area contributed by atoms with E-state index in [1.165, 1.54) is 38.5 Å². The van der Waals surface area contributed by atoms with Gasteiger partial charge in [-0.2, -0.15) is 8.42 Å². The van der Waals surface area contributed by atoms with E-state index in [0.29, 0.717) is 38.9 Å². The molecule has 1 aliphatic rings. The van der Waals surface area contributed by atoms with E-state index in [9.17, 15) is 34.4 Å². The molecule has 0 bridgehead atoms. The molecule has 1 fully saturated rings. The Bertz CT molecular complexity index is 771. The number of halogens is 2. The van der Waals surface area contributed by atoms with E-state index in [-0.39, 0.29) is 158 Å². The fraction of sp³-hybridized carbons (Fsp3) is 1.00. The first-order chi connectivity index (χ1) is 17.7. The molecule has 0 aromatic carbocycles. The molecule has 258 valence electrons. The van der Waals surface area contributed by atoms with Crippen LogP contribution in [0.15, 0.2) is 0 Å². The van der Waals surface area contributed by atoms with Crippen molar-refractivity contribution >= 4 is 68.1 Å². The van der Waals surface area contributed by atoms with E-state index < -0.39 is 36.1 Å². The summed E-state index contributed by atoms with van der Waals surface area (Å²) in [5.74, 6) is -0.615. The molecule has 3 N–H and O–H groups in total. The maximum atomic E-state index is 10.2. The van der Waals surface area contributed by atoms with Crippen molar-refractivity contribution in [2.24, 2.45) is 0 Å². The molecule has 0 saturated carbocycles. The molecule has 0 aromatic heterocycles. The number of aliphatic hydroxyl groups is 1. The van der Waals surface area contributed by atoms with Crippen molar-refractivity contribution in [2.45, 2.75) is 91.4 Å². The average Bonchev–Trinajstić information content (AvgIpc) is 3.21. The number of unbranched alkanes of at least 4 members (excludes halogenated alkanes) is 6. The molecule has 0 aliphatic carbocycles. The predicted molar refractivity (Wildman–Crippen MR) is 155 cm³/mol. The van der Waals surface area contributed by atoms with Gasteiger partial charge in [-0.05, 0) is 45.4 Å². The van der Waals surface area contributed by atoms with Gasteiger partial charge in [0.2, 0.25) is 0 Å². The number of hydrogen-bond acceptors (Lipinski definition) is 12. The SMILES string of the molecule is CCCCCCOCCCC.CCO.O.O=S(=O)([O-])CCCCCOCCCS(=O)(=O)[O-].O=S1(=O)CCCO1.[Ca+2].[Cl-].[Cl-].[Na+].[Na+]. The topological polar surface area (TPSA) is 228 Å². The number of ether oxygens (including phenoxy) is 2. The van der Waals surface area contributed by atoms with Gasteiger partial charge in [0.1, 0.15) is 0 Å². The molecule has 44 heavy (non-hydrogen) atoms. The molecule has 0 aromatic rings. The quantitative estimate of drug-likeness (QED) is 0.0591. The molecule has 21 heteroatoms. The zero-order chi connectivity index (χ0) is 29.8. The van der Waals surface area contributed by atoms with Gasteiger partial charge in [-0.3, -0.25) is 4.18 Å². The summed E-state index contributed by atoms with van der Waals surface area (Å²) in [6.45, 7) is 9.21. The summed E-state index contributed by atoms with van der Waals surface area (Å²) in [5, 5.41) is 7.57. The molecule has 1 saturated heterocycles. The van der Waals surface area contributed by atoms with Gasteiger partial charge in [-0.1, -0.05) is 46.0 Å². The van der Waals surface area contributed by atoms with Crippen LogP contribution in [-0.2, 0) is 44.0 Å². The van der Waals surface area contributed by atoms with E-state index >= 15 is 0 Å². The van der Waals surface area contributed by atoms with Gasteiger partial charge in [-0.15, -0.1) is 0 Å². The number of rotatable bonds is 18. The first kappa shape index (κ1) is 69.2. The van der Waals surface area contributed by atoms with E-state index in [2.05, 4.69) is 18.0 Å². The van der Waals surface area contributed by atoms with Crippen molar-refractivity contribution in [1.82, 2.24) is 0 Å². The van der Waals surface area contributed by atoms with Crippen LogP contribution in [0.5, 0.6) is 0 Å². The Balaban J connectivity index is -0.0000000567. The van der Waals surface area contributed by atoms with Crippen molar-refractivity contribution in [2.75, 3.05) is 56.9 Å². The monoisotopic (exact) mass is 788 g/mol. The Hall–Kier alpha value is 3.41. The van der Waals surface area contributed by atoms with Crippen LogP contribution in [0.1, 0.15) is 91.4 Å². The van der Waals surface area contributed by atoms with E-state index in [4.69, 9.17) is 14.6 Å². The summed E-state index contributed by atoms with van der Waals surface area (Å²) in [6, 6.07) is 0. The molecule has 0 radical (unpaired) electrons. The zero-order valence-electron chi connectivity index (χ0n) is 27.3. The van der Waals surface area contributed by atoms with Gasteiger partial charge in [0, 0.05) is 44.5 Å². The Morgan fingerprint density at radius 2 is 1.07 bits per heavy atom. The maximum Gasteiger partial charge on any atom is 2.00 e. The van der Waals surface area contributed by atoms with Gasteiger partial charge in [0.15, 0.2) is 0 Å². The number of aliphatic hydroxyl groups excluding tert-OH is 1. The normalized spacial score (nSPS) is 12.4. The summed E-state index contributed by atoms with van der Waals surface area (Å²) < 4.78 is 96.5. The Labute approximate surface area is 354 Å². The minimum Gasteiger partial charge on any atom is -1.00 e. The van der Waals surface area contributed by atoms with Gasteiger partial charge >= 0.3 is 96.9 Å². The summed E-state index contributed by atoms with van der Waals surface area (Å²) >= 11 is 0. The van der Waals surface area contributed by atoms with E-state index in [1.54, 1.807) is 6.92 Å². The van der Waals surface area contributed by atoms with Crippen LogP contribution in [0, 0.1) is 0 Å². The minimum absolute atomic E-state index is 0. The second kappa shape index (κ2) is 48.5. The first-order valence-corrected chi connectivity index (χ1v) is 18.0. The molecule has 0 unspecified atom stereocenters. The third-order valence-corrected chi connectivity index (χ3v) is 7.34. The van der Waals surface area contributed by atoms with Crippen LogP contribution in [0.4, 0.5) is 0 Å². The fourth-order valence-corrected chi connectivity index (χ4v) is 4.55. The Kier molecular flexibility index (Phi) is 76.3. The fourth-order valence-electron chi connectivity index (χ4n) is 2.56. The summed E-state index contributed by atoms with van der Waals surface area (Å²) in [6.07, 6.45) is 9.98.